The Labute approximate surface area is 131 Å². The van der Waals surface area contributed by atoms with Crippen molar-refractivity contribution in [1.82, 2.24) is 0 Å². The van der Waals surface area contributed by atoms with Gasteiger partial charge in [-0.1, -0.05) is 31.9 Å². The smallest absolute Gasteiger partial charge is 0.352 e. The highest BCUT2D eigenvalue weighted by Crippen LogP contribution is 2.23. The molecule has 0 N–H and O–H groups in total. The molecule has 0 aliphatic rings. The molecule has 0 saturated heterocycles. The summed E-state index contributed by atoms with van der Waals surface area (Å²) >= 11 is 6.45. The van der Waals surface area contributed by atoms with E-state index in [1.807, 2.05) is 0 Å². The summed E-state index contributed by atoms with van der Waals surface area (Å²) in [5.74, 6) is 0.334. The van der Waals surface area contributed by atoms with Gasteiger partial charge in [0.15, 0.2) is 0 Å². The molecule has 0 spiro atoms. The summed E-state index contributed by atoms with van der Waals surface area (Å²) in [4.78, 5) is 0. The molecule has 0 radical (unpaired) electrons. The number of rotatable bonds is 4. The summed E-state index contributed by atoms with van der Waals surface area (Å²) in [6, 6.07) is 9.71. The Morgan fingerprint density at radius 3 is 1.25 bits per heavy atom. The average Bonchev–Trinajstić information content (AvgIpc) is 2.44. The van der Waals surface area contributed by atoms with Crippen LogP contribution in [0.2, 0.25) is 0 Å². The number of benzene rings is 2. The van der Waals surface area contributed by atoms with Crippen LogP contribution >= 0.6 is 31.9 Å². The molecule has 0 amide bonds. The zero-order chi connectivity index (χ0) is 14.5. The molecular weight excluding hydrogens is 398 g/mol. The van der Waals surface area contributed by atoms with Crippen molar-refractivity contribution in [2.24, 2.45) is 0 Å². The Hall–Kier alpha value is -1.40. The summed E-state index contributed by atoms with van der Waals surface area (Å²) in [6.45, 7) is 0. The van der Waals surface area contributed by atoms with Gasteiger partial charge in [-0.15, -0.1) is 0 Å². The van der Waals surface area contributed by atoms with Crippen molar-refractivity contribution in [3.8, 4) is 11.5 Å². The third kappa shape index (κ3) is 4.31. The first-order chi connectivity index (χ1) is 9.54. The van der Waals surface area contributed by atoms with Gasteiger partial charge in [0.05, 0.1) is 0 Å². The zero-order valence-electron chi connectivity index (χ0n) is 9.95. The first-order valence-corrected chi connectivity index (χ1v) is 7.05. The van der Waals surface area contributed by atoms with Crippen LogP contribution in [0.25, 0.3) is 0 Å². The summed E-state index contributed by atoms with van der Waals surface area (Å²) < 4.78 is 38.0. The van der Waals surface area contributed by atoms with Crippen molar-refractivity contribution in [2.45, 2.75) is 0 Å². The Kier molecular flexibility index (Phi) is 5.14. The van der Waals surface area contributed by atoms with E-state index in [9.17, 15) is 8.78 Å². The second-order valence-electron chi connectivity index (χ2n) is 3.66. The van der Waals surface area contributed by atoms with Crippen molar-refractivity contribution >= 4 is 31.9 Å². The van der Waals surface area contributed by atoms with Crippen LogP contribution in [0.4, 0.5) is 8.78 Å². The van der Waals surface area contributed by atoms with Crippen molar-refractivity contribution < 1.29 is 18.3 Å². The zero-order valence-corrected chi connectivity index (χ0v) is 13.1. The van der Waals surface area contributed by atoms with E-state index in [0.29, 0.717) is 0 Å². The fraction of sp³-hybridized carbons (Fsp3) is 0. The van der Waals surface area contributed by atoms with Crippen molar-refractivity contribution in [3.63, 3.8) is 0 Å². The van der Waals surface area contributed by atoms with Crippen LogP contribution in [0, 0.1) is 0 Å². The maximum absolute atomic E-state index is 13.5. The molecule has 104 valence electrons. The number of hydrogen-bond acceptors (Lipinski definition) is 2. The van der Waals surface area contributed by atoms with Crippen LogP contribution in [0.3, 0.4) is 0 Å². The SMILES string of the molecule is F/C(Oc1ccc(Br)cc1)=C(\F)Oc1ccc(Br)cc1. The Balaban J connectivity index is 2.06. The minimum absolute atomic E-state index is 0.167. The summed E-state index contributed by atoms with van der Waals surface area (Å²) in [7, 11) is 0. The topological polar surface area (TPSA) is 18.5 Å². The standard InChI is InChI=1S/C14H8Br2F2O2/c15-9-1-5-11(6-2-9)19-13(17)14(18)20-12-7-3-10(16)4-8-12/h1-8H/b14-13-. The van der Waals surface area contributed by atoms with Gasteiger partial charge < -0.3 is 9.47 Å². The molecule has 0 atom stereocenters. The van der Waals surface area contributed by atoms with E-state index in [2.05, 4.69) is 31.9 Å². The van der Waals surface area contributed by atoms with E-state index in [0.717, 1.165) is 8.95 Å². The Morgan fingerprint density at radius 2 is 0.950 bits per heavy atom. The molecule has 2 aromatic rings. The molecule has 6 heteroatoms. The molecule has 0 aliphatic heterocycles. The fourth-order valence-electron chi connectivity index (χ4n) is 1.29. The van der Waals surface area contributed by atoms with Crippen LogP contribution in [0.5, 0.6) is 11.5 Å². The van der Waals surface area contributed by atoms with Gasteiger partial charge in [0.1, 0.15) is 11.5 Å². The third-order valence-electron chi connectivity index (χ3n) is 2.20. The van der Waals surface area contributed by atoms with Gasteiger partial charge in [0.2, 0.25) is 0 Å². The van der Waals surface area contributed by atoms with E-state index in [4.69, 9.17) is 9.47 Å². The van der Waals surface area contributed by atoms with Crippen LogP contribution in [0.15, 0.2) is 69.5 Å². The van der Waals surface area contributed by atoms with Crippen molar-refractivity contribution in [1.29, 1.82) is 0 Å². The predicted molar refractivity (Wildman–Crippen MR) is 78.8 cm³/mol. The molecule has 0 fully saturated rings. The predicted octanol–water partition coefficient (Wildman–Crippen LogP) is 5.74. The highest BCUT2D eigenvalue weighted by atomic mass is 79.9. The average molecular weight is 406 g/mol. The van der Waals surface area contributed by atoms with E-state index in [1.165, 1.54) is 24.3 Å². The van der Waals surface area contributed by atoms with Crippen molar-refractivity contribution in [3.05, 3.63) is 69.5 Å². The normalized spacial score (nSPS) is 11.8. The van der Waals surface area contributed by atoms with Crippen LogP contribution in [-0.2, 0) is 0 Å². The minimum atomic E-state index is -1.43. The van der Waals surface area contributed by atoms with E-state index < -0.39 is 12.0 Å². The minimum Gasteiger partial charge on any atom is -0.427 e. The second kappa shape index (κ2) is 6.85. The lowest BCUT2D eigenvalue weighted by Gasteiger charge is -2.06. The number of ether oxygens (including phenoxy) is 2. The van der Waals surface area contributed by atoms with E-state index in [1.54, 1.807) is 24.3 Å². The molecule has 0 aromatic heterocycles. The lowest BCUT2D eigenvalue weighted by atomic mass is 10.3. The molecule has 0 aliphatic carbocycles. The molecule has 20 heavy (non-hydrogen) atoms. The highest BCUT2D eigenvalue weighted by Gasteiger charge is 2.11. The molecule has 2 rings (SSSR count). The van der Waals surface area contributed by atoms with Crippen LogP contribution < -0.4 is 9.47 Å². The monoisotopic (exact) mass is 404 g/mol. The molecule has 0 heterocycles. The maximum atomic E-state index is 13.5. The molecular formula is C14H8Br2F2O2. The Bertz CT molecular complexity index is 555. The first-order valence-electron chi connectivity index (χ1n) is 5.47. The molecule has 2 nitrogen and oxygen atoms in total. The second-order valence-corrected chi connectivity index (χ2v) is 5.49. The van der Waals surface area contributed by atoms with Gasteiger partial charge >= 0.3 is 12.0 Å². The highest BCUT2D eigenvalue weighted by molar-refractivity contribution is 9.10. The first kappa shape index (κ1) is 15.0. The van der Waals surface area contributed by atoms with Gasteiger partial charge in [-0.05, 0) is 48.5 Å². The van der Waals surface area contributed by atoms with Gasteiger partial charge in [-0.2, -0.15) is 8.78 Å². The maximum Gasteiger partial charge on any atom is 0.352 e. The van der Waals surface area contributed by atoms with Crippen LogP contribution in [-0.4, -0.2) is 0 Å². The lowest BCUT2D eigenvalue weighted by molar-refractivity contribution is 0.203. The number of halogens is 4. The van der Waals surface area contributed by atoms with E-state index in [-0.39, 0.29) is 11.5 Å². The fourth-order valence-corrected chi connectivity index (χ4v) is 1.82. The molecule has 2 aromatic carbocycles. The molecule has 0 saturated carbocycles. The summed E-state index contributed by atoms with van der Waals surface area (Å²) in [5.41, 5.74) is 0. The molecule has 0 unspecified atom stereocenters. The summed E-state index contributed by atoms with van der Waals surface area (Å²) in [5, 5.41) is 0. The van der Waals surface area contributed by atoms with Gasteiger partial charge in [-0.3, -0.25) is 0 Å². The lowest BCUT2D eigenvalue weighted by Crippen LogP contribution is -1.98. The third-order valence-corrected chi connectivity index (χ3v) is 3.25. The van der Waals surface area contributed by atoms with Gasteiger partial charge in [0, 0.05) is 8.95 Å². The quantitative estimate of drug-likeness (QED) is 0.604. The van der Waals surface area contributed by atoms with Crippen molar-refractivity contribution in [2.75, 3.05) is 0 Å². The largest absolute Gasteiger partial charge is 0.427 e. The molecule has 0 bridgehead atoms. The Morgan fingerprint density at radius 1 is 0.650 bits per heavy atom. The van der Waals surface area contributed by atoms with E-state index >= 15 is 0 Å². The summed E-state index contributed by atoms with van der Waals surface area (Å²) in [6.07, 6.45) is 0. The van der Waals surface area contributed by atoms with Gasteiger partial charge in [-0.25, -0.2) is 0 Å². The van der Waals surface area contributed by atoms with Crippen LogP contribution in [0.1, 0.15) is 0 Å². The van der Waals surface area contributed by atoms with Gasteiger partial charge in [0.25, 0.3) is 0 Å². The number of hydrogen-bond donors (Lipinski definition) is 0.